The van der Waals surface area contributed by atoms with Crippen LogP contribution in [-0.2, 0) is 4.79 Å². The number of hydrogen-bond donors (Lipinski definition) is 0. The Bertz CT molecular complexity index is 698. The molecule has 1 aliphatic heterocycles. The lowest BCUT2D eigenvalue weighted by molar-refractivity contribution is -0.123. The number of thioether (sulfide) groups is 1. The van der Waals surface area contributed by atoms with Crippen molar-refractivity contribution >= 4 is 40.6 Å². The van der Waals surface area contributed by atoms with Crippen molar-refractivity contribution in [2.75, 3.05) is 13.2 Å². The number of benzene rings is 1. The fourth-order valence-electron chi connectivity index (χ4n) is 3.35. The Morgan fingerprint density at radius 1 is 1.28 bits per heavy atom. The van der Waals surface area contributed by atoms with Gasteiger partial charge < -0.3 is 4.74 Å². The number of halogens is 1. The Hall–Kier alpha value is -1.46. The normalized spacial score (nSPS) is 20.6. The molecule has 1 aromatic rings. The van der Waals surface area contributed by atoms with E-state index in [1.54, 1.807) is 24.3 Å². The first-order valence-corrected chi connectivity index (χ1v) is 9.95. The van der Waals surface area contributed by atoms with E-state index in [9.17, 15) is 9.59 Å². The van der Waals surface area contributed by atoms with Crippen LogP contribution in [0, 0.1) is 5.92 Å². The third kappa shape index (κ3) is 4.39. The molecule has 2 fully saturated rings. The fourth-order valence-corrected chi connectivity index (χ4v) is 4.37. The van der Waals surface area contributed by atoms with Crippen LogP contribution in [0.1, 0.15) is 44.6 Å². The largest absolute Gasteiger partial charge is 0.493 e. The molecule has 2 aliphatic rings. The smallest absolute Gasteiger partial charge is 0.293 e. The van der Waals surface area contributed by atoms with Gasteiger partial charge in [-0.3, -0.25) is 14.5 Å². The summed E-state index contributed by atoms with van der Waals surface area (Å²) >= 11 is 7.07. The molecule has 0 bridgehead atoms. The highest BCUT2D eigenvalue weighted by Gasteiger charge is 2.36. The highest BCUT2D eigenvalue weighted by Crippen LogP contribution is 2.36. The minimum absolute atomic E-state index is 0.179. The first-order valence-electron chi connectivity index (χ1n) is 8.76. The molecule has 0 unspecified atom stereocenters. The summed E-state index contributed by atoms with van der Waals surface area (Å²) in [5, 5.41) is 0.387. The first-order chi connectivity index (χ1) is 12.1. The van der Waals surface area contributed by atoms with Gasteiger partial charge in [0.2, 0.25) is 0 Å². The lowest BCUT2D eigenvalue weighted by Crippen LogP contribution is -2.34. The van der Waals surface area contributed by atoms with E-state index in [0.717, 1.165) is 30.2 Å². The van der Waals surface area contributed by atoms with Crippen LogP contribution in [0.15, 0.2) is 23.1 Å². The van der Waals surface area contributed by atoms with Crippen molar-refractivity contribution in [1.29, 1.82) is 0 Å². The zero-order valence-electron chi connectivity index (χ0n) is 14.3. The molecule has 134 valence electrons. The van der Waals surface area contributed by atoms with Crippen molar-refractivity contribution in [3.8, 4) is 5.75 Å². The van der Waals surface area contributed by atoms with E-state index in [0.29, 0.717) is 34.7 Å². The molecule has 0 atom stereocenters. The summed E-state index contributed by atoms with van der Waals surface area (Å²) in [6.07, 6.45) is 7.55. The molecule has 1 saturated heterocycles. The third-order valence-electron chi connectivity index (χ3n) is 4.60. The van der Waals surface area contributed by atoms with Crippen molar-refractivity contribution in [2.45, 2.75) is 39.0 Å². The van der Waals surface area contributed by atoms with Crippen LogP contribution in [0.5, 0.6) is 5.75 Å². The zero-order valence-corrected chi connectivity index (χ0v) is 15.9. The van der Waals surface area contributed by atoms with Crippen molar-refractivity contribution in [3.63, 3.8) is 0 Å². The first kappa shape index (κ1) is 18.3. The second-order valence-electron chi connectivity index (χ2n) is 6.41. The van der Waals surface area contributed by atoms with E-state index in [4.69, 9.17) is 16.3 Å². The molecule has 1 heterocycles. The molecule has 0 aromatic heterocycles. The SMILES string of the molecule is CCOc1ccc(Cl)cc1/C=C1\SC(=O)N(CC2CCCCC2)C1=O. The van der Waals surface area contributed by atoms with Gasteiger partial charge in [-0.15, -0.1) is 0 Å². The summed E-state index contributed by atoms with van der Waals surface area (Å²) in [4.78, 5) is 26.8. The van der Waals surface area contributed by atoms with E-state index in [2.05, 4.69) is 0 Å². The standard InChI is InChI=1S/C19H22ClNO3S/c1-2-24-16-9-8-15(20)10-14(16)11-17-18(22)21(19(23)25-17)12-13-6-4-3-5-7-13/h8-11,13H,2-7,12H2,1H3/b17-11-. The summed E-state index contributed by atoms with van der Waals surface area (Å²) in [5.41, 5.74) is 0.720. The Morgan fingerprint density at radius 3 is 2.76 bits per heavy atom. The summed E-state index contributed by atoms with van der Waals surface area (Å²) in [5.74, 6) is 0.890. The minimum atomic E-state index is -0.206. The molecule has 25 heavy (non-hydrogen) atoms. The second kappa shape index (κ2) is 8.28. The van der Waals surface area contributed by atoms with Gasteiger partial charge >= 0.3 is 0 Å². The second-order valence-corrected chi connectivity index (χ2v) is 7.84. The maximum atomic E-state index is 12.7. The van der Waals surface area contributed by atoms with Crippen LogP contribution in [0.3, 0.4) is 0 Å². The van der Waals surface area contributed by atoms with Crippen molar-refractivity contribution < 1.29 is 14.3 Å². The van der Waals surface area contributed by atoms with Gasteiger partial charge in [0.1, 0.15) is 5.75 Å². The van der Waals surface area contributed by atoms with Crippen molar-refractivity contribution in [2.24, 2.45) is 5.92 Å². The number of nitrogens with zero attached hydrogens (tertiary/aromatic N) is 1. The van der Waals surface area contributed by atoms with Crippen LogP contribution >= 0.6 is 23.4 Å². The number of hydrogen-bond acceptors (Lipinski definition) is 4. The quantitative estimate of drug-likeness (QED) is 0.646. The number of carbonyl (C=O) groups excluding carboxylic acids is 2. The van der Waals surface area contributed by atoms with Crippen molar-refractivity contribution in [3.05, 3.63) is 33.7 Å². The Labute approximate surface area is 157 Å². The average molecular weight is 380 g/mol. The molecular weight excluding hydrogens is 358 g/mol. The topological polar surface area (TPSA) is 46.6 Å². The van der Waals surface area contributed by atoms with E-state index < -0.39 is 0 Å². The molecule has 1 aliphatic carbocycles. The number of ether oxygens (including phenoxy) is 1. The molecule has 0 N–H and O–H groups in total. The molecule has 0 radical (unpaired) electrons. The molecule has 0 spiro atoms. The van der Waals surface area contributed by atoms with Gasteiger partial charge in [0.25, 0.3) is 11.1 Å². The van der Waals surface area contributed by atoms with Gasteiger partial charge in [0, 0.05) is 17.1 Å². The van der Waals surface area contributed by atoms with Gasteiger partial charge in [0.05, 0.1) is 11.5 Å². The number of rotatable bonds is 5. The monoisotopic (exact) mass is 379 g/mol. The predicted molar refractivity (Wildman–Crippen MR) is 102 cm³/mol. The molecule has 1 saturated carbocycles. The summed E-state index contributed by atoms with van der Waals surface area (Å²) < 4.78 is 5.59. The predicted octanol–water partition coefficient (Wildman–Crippen LogP) is 5.36. The van der Waals surface area contributed by atoms with E-state index >= 15 is 0 Å². The number of carbonyl (C=O) groups is 2. The minimum Gasteiger partial charge on any atom is -0.493 e. The highest BCUT2D eigenvalue weighted by atomic mass is 35.5. The molecule has 2 amide bonds. The van der Waals surface area contributed by atoms with Gasteiger partial charge in [-0.05, 0) is 61.7 Å². The van der Waals surface area contributed by atoms with Crippen LogP contribution in [0.2, 0.25) is 5.02 Å². The molecular formula is C19H22ClNO3S. The average Bonchev–Trinajstić information content (AvgIpc) is 2.86. The van der Waals surface area contributed by atoms with Crippen molar-refractivity contribution in [1.82, 2.24) is 4.90 Å². The molecule has 1 aromatic carbocycles. The van der Waals surface area contributed by atoms with E-state index in [-0.39, 0.29) is 11.1 Å². The van der Waals surface area contributed by atoms with Crippen LogP contribution in [0.25, 0.3) is 6.08 Å². The van der Waals surface area contributed by atoms with E-state index in [1.807, 2.05) is 6.92 Å². The van der Waals surface area contributed by atoms with Crippen LogP contribution in [0.4, 0.5) is 4.79 Å². The Balaban J connectivity index is 1.79. The van der Waals surface area contributed by atoms with Gasteiger partial charge in [-0.1, -0.05) is 30.9 Å². The Kier molecular flexibility index (Phi) is 6.07. The van der Waals surface area contributed by atoms with Gasteiger partial charge in [-0.25, -0.2) is 0 Å². The molecule has 3 rings (SSSR count). The number of amides is 2. The fraction of sp³-hybridized carbons (Fsp3) is 0.474. The maximum absolute atomic E-state index is 12.7. The summed E-state index contributed by atoms with van der Waals surface area (Å²) in [6, 6.07) is 5.28. The van der Waals surface area contributed by atoms with Gasteiger partial charge in [-0.2, -0.15) is 0 Å². The highest BCUT2D eigenvalue weighted by molar-refractivity contribution is 8.18. The molecule has 4 nitrogen and oxygen atoms in total. The maximum Gasteiger partial charge on any atom is 0.293 e. The van der Waals surface area contributed by atoms with Crippen LogP contribution in [-0.4, -0.2) is 29.2 Å². The zero-order chi connectivity index (χ0) is 17.8. The van der Waals surface area contributed by atoms with Gasteiger partial charge in [0.15, 0.2) is 0 Å². The summed E-state index contributed by atoms with van der Waals surface area (Å²) in [6.45, 7) is 2.96. The summed E-state index contributed by atoms with van der Waals surface area (Å²) in [7, 11) is 0. The Morgan fingerprint density at radius 2 is 2.04 bits per heavy atom. The lowest BCUT2D eigenvalue weighted by Gasteiger charge is -2.25. The molecule has 6 heteroatoms. The van der Waals surface area contributed by atoms with Crippen LogP contribution < -0.4 is 4.74 Å². The number of imide groups is 1. The third-order valence-corrected chi connectivity index (χ3v) is 5.74. The van der Waals surface area contributed by atoms with E-state index in [1.165, 1.54) is 24.2 Å². The lowest BCUT2D eigenvalue weighted by atomic mass is 9.89.